The first-order valence-corrected chi connectivity index (χ1v) is 6.38. The van der Waals surface area contributed by atoms with Gasteiger partial charge in [0.05, 0.1) is 6.10 Å². The Morgan fingerprint density at radius 2 is 2.22 bits per heavy atom. The summed E-state index contributed by atoms with van der Waals surface area (Å²) in [5, 5.41) is 8.66. The van der Waals surface area contributed by atoms with Crippen LogP contribution in [0.5, 0.6) is 0 Å². The van der Waals surface area contributed by atoms with Crippen LogP contribution in [0.1, 0.15) is 26.2 Å². The molecule has 6 nitrogen and oxygen atoms in total. The van der Waals surface area contributed by atoms with Crippen LogP contribution in [-0.4, -0.2) is 66.3 Å². The maximum atomic E-state index is 12.0. The molecule has 0 saturated carbocycles. The Labute approximate surface area is 107 Å². The monoisotopic (exact) mass is 258 g/mol. The minimum Gasteiger partial charge on any atom is -0.480 e. The van der Waals surface area contributed by atoms with Gasteiger partial charge in [0.25, 0.3) is 0 Å². The summed E-state index contributed by atoms with van der Waals surface area (Å²) in [6, 6.07) is -0.234. The number of carboxylic acid groups (broad SMARTS) is 1. The second kappa shape index (κ2) is 7.20. The number of aliphatic carboxylic acids is 1. The average Bonchev–Trinajstić information content (AvgIpc) is 2.35. The van der Waals surface area contributed by atoms with E-state index in [4.69, 9.17) is 9.84 Å². The van der Waals surface area contributed by atoms with Crippen LogP contribution in [0.4, 0.5) is 4.79 Å². The molecule has 1 aliphatic rings. The fourth-order valence-electron chi connectivity index (χ4n) is 2.04. The maximum Gasteiger partial charge on any atom is 0.323 e. The molecule has 1 saturated heterocycles. The van der Waals surface area contributed by atoms with Crippen LogP contribution in [0.15, 0.2) is 0 Å². The highest BCUT2D eigenvalue weighted by atomic mass is 16.5. The fraction of sp³-hybridized carbons (Fsp3) is 0.833. The van der Waals surface area contributed by atoms with E-state index >= 15 is 0 Å². The molecule has 0 bridgehead atoms. The van der Waals surface area contributed by atoms with Crippen LogP contribution < -0.4 is 0 Å². The molecule has 0 spiro atoms. The number of carbonyl (C=O) groups excluding carboxylic acids is 1. The molecule has 0 aromatic rings. The van der Waals surface area contributed by atoms with E-state index in [-0.39, 0.29) is 18.7 Å². The number of hydrogen-bond donors (Lipinski definition) is 1. The smallest absolute Gasteiger partial charge is 0.323 e. The van der Waals surface area contributed by atoms with Gasteiger partial charge in [0.1, 0.15) is 6.54 Å². The van der Waals surface area contributed by atoms with Crippen molar-refractivity contribution in [3.8, 4) is 0 Å². The molecule has 1 rings (SSSR count). The molecule has 1 aliphatic heterocycles. The molecule has 6 heteroatoms. The topological polar surface area (TPSA) is 70.1 Å². The zero-order chi connectivity index (χ0) is 13.5. The highest BCUT2D eigenvalue weighted by Gasteiger charge is 2.26. The highest BCUT2D eigenvalue weighted by molar-refractivity contribution is 5.80. The predicted molar refractivity (Wildman–Crippen MR) is 66.5 cm³/mol. The normalized spacial score (nSPS) is 19.7. The molecule has 0 radical (unpaired) electrons. The maximum absolute atomic E-state index is 12.0. The third-order valence-electron chi connectivity index (χ3n) is 2.91. The highest BCUT2D eigenvalue weighted by Crippen LogP contribution is 2.14. The van der Waals surface area contributed by atoms with Gasteiger partial charge in [-0.05, 0) is 19.3 Å². The molecular weight excluding hydrogens is 236 g/mol. The summed E-state index contributed by atoms with van der Waals surface area (Å²) in [6.45, 7) is 3.72. The van der Waals surface area contributed by atoms with Crippen LogP contribution in [-0.2, 0) is 9.53 Å². The van der Waals surface area contributed by atoms with E-state index < -0.39 is 5.97 Å². The van der Waals surface area contributed by atoms with Gasteiger partial charge in [-0.25, -0.2) is 4.79 Å². The molecule has 1 fully saturated rings. The van der Waals surface area contributed by atoms with Crippen molar-refractivity contribution in [3.05, 3.63) is 0 Å². The van der Waals surface area contributed by atoms with Crippen molar-refractivity contribution in [3.63, 3.8) is 0 Å². The Morgan fingerprint density at radius 3 is 2.83 bits per heavy atom. The van der Waals surface area contributed by atoms with Gasteiger partial charge in [0.15, 0.2) is 0 Å². The Hall–Kier alpha value is -1.30. The third kappa shape index (κ3) is 4.52. The summed E-state index contributed by atoms with van der Waals surface area (Å²) in [5.41, 5.74) is 0. The predicted octanol–water partition coefficient (Wildman–Crippen LogP) is 1.01. The van der Waals surface area contributed by atoms with Gasteiger partial charge < -0.3 is 19.6 Å². The van der Waals surface area contributed by atoms with Crippen LogP contribution in [0.2, 0.25) is 0 Å². The number of hydrogen-bond acceptors (Lipinski definition) is 3. The molecule has 1 atom stereocenters. The Morgan fingerprint density at radius 1 is 1.50 bits per heavy atom. The van der Waals surface area contributed by atoms with Gasteiger partial charge in [-0.1, -0.05) is 6.92 Å². The number of likely N-dealkylation sites (tertiary alicyclic amines) is 1. The number of carbonyl (C=O) groups is 2. The van der Waals surface area contributed by atoms with E-state index in [1.165, 1.54) is 11.9 Å². The lowest BCUT2D eigenvalue weighted by molar-refractivity contribution is -0.137. The van der Waals surface area contributed by atoms with Crippen LogP contribution in [0, 0.1) is 0 Å². The fourth-order valence-corrected chi connectivity index (χ4v) is 2.04. The number of carboxylic acids is 1. The molecule has 1 unspecified atom stereocenters. The molecule has 104 valence electrons. The van der Waals surface area contributed by atoms with Gasteiger partial charge in [0, 0.05) is 26.7 Å². The summed E-state index contributed by atoms with van der Waals surface area (Å²) in [4.78, 5) is 25.5. The number of piperidine rings is 1. The lowest BCUT2D eigenvalue weighted by atomic mass is 10.1. The van der Waals surface area contributed by atoms with Gasteiger partial charge in [-0.3, -0.25) is 4.79 Å². The van der Waals surface area contributed by atoms with E-state index in [1.54, 1.807) is 4.90 Å². The van der Waals surface area contributed by atoms with E-state index in [9.17, 15) is 9.59 Å². The van der Waals surface area contributed by atoms with E-state index in [1.807, 2.05) is 6.92 Å². The van der Waals surface area contributed by atoms with Crippen LogP contribution >= 0.6 is 0 Å². The molecule has 1 N–H and O–H groups in total. The number of rotatable bonds is 5. The van der Waals surface area contributed by atoms with Crippen molar-refractivity contribution >= 4 is 12.0 Å². The first-order chi connectivity index (χ1) is 8.54. The zero-order valence-electron chi connectivity index (χ0n) is 11.1. The summed E-state index contributed by atoms with van der Waals surface area (Å²) >= 11 is 0. The molecule has 18 heavy (non-hydrogen) atoms. The zero-order valence-corrected chi connectivity index (χ0v) is 11.1. The summed E-state index contributed by atoms with van der Waals surface area (Å²) in [7, 11) is 1.51. The van der Waals surface area contributed by atoms with Crippen LogP contribution in [0.25, 0.3) is 0 Å². The van der Waals surface area contributed by atoms with Crippen molar-refractivity contribution in [2.45, 2.75) is 32.3 Å². The quantitative estimate of drug-likeness (QED) is 0.799. The lowest BCUT2D eigenvalue weighted by Crippen LogP contribution is -2.49. The molecule has 2 amide bonds. The van der Waals surface area contributed by atoms with Crippen molar-refractivity contribution in [1.29, 1.82) is 0 Å². The molecule has 0 aromatic carbocycles. The van der Waals surface area contributed by atoms with Crippen molar-refractivity contribution < 1.29 is 19.4 Å². The summed E-state index contributed by atoms with van der Waals surface area (Å²) < 4.78 is 5.64. The Bertz CT molecular complexity index is 296. The lowest BCUT2D eigenvalue weighted by Gasteiger charge is -2.34. The Balaban J connectivity index is 2.44. The molecule has 0 aromatic heterocycles. The molecule has 1 heterocycles. The van der Waals surface area contributed by atoms with Gasteiger partial charge in [-0.15, -0.1) is 0 Å². The van der Waals surface area contributed by atoms with Crippen LogP contribution in [0.3, 0.4) is 0 Å². The minimum atomic E-state index is -0.998. The van der Waals surface area contributed by atoms with E-state index in [0.717, 1.165) is 19.3 Å². The summed E-state index contributed by atoms with van der Waals surface area (Å²) in [5.74, 6) is -0.998. The number of likely N-dealkylation sites (N-methyl/N-ethyl adjacent to an activating group) is 1. The van der Waals surface area contributed by atoms with E-state index in [0.29, 0.717) is 19.7 Å². The first-order valence-electron chi connectivity index (χ1n) is 6.38. The van der Waals surface area contributed by atoms with Gasteiger partial charge in [0.2, 0.25) is 0 Å². The summed E-state index contributed by atoms with van der Waals surface area (Å²) in [6.07, 6.45) is 2.91. The number of urea groups is 1. The third-order valence-corrected chi connectivity index (χ3v) is 2.91. The van der Waals surface area contributed by atoms with Gasteiger partial charge >= 0.3 is 12.0 Å². The van der Waals surface area contributed by atoms with Gasteiger partial charge in [-0.2, -0.15) is 0 Å². The minimum absolute atomic E-state index is 0.0841. The second-order valence-corrected chi connectivity index (χ2v) is 4.61. The number of amides is 2. The van der Waals surface area contributed by atoms with Crippen molar-refractivity contribution in [2.75, 3.05) is 33.3 Å². The number of nitrogens with zero attached hydrogens (tertiary/aromatic N) is 2. The standard InChI is InChI=1S/C12H22N2O4/c1-3-7-18-10-5-4-6-14(8-10)12(17)13(2)9-11(15)16/h10H,3-9H2,1-2H3,(H,15,16). The number of ether oxygens (including phenoxy) is 1. The van der Waals surface area contributed by atoms with E-state index in [2.05, 4.69) is 0 Å². The largest absolute Gasteiger partial charge is 0.480 e. The SMILES string of the molecule is CCCOC1CCCN(C(=O)N(C)CC(=O)O)C1. The average molecular weight is 258 g/mol. The second-order valence-electron chi connectivity index (χ2n) is 4.61. The molecular formula is C12H22N2O4. The van der Waals surface area contributed by atoms with Crippen molar-refractivity contribution in [1.82, 2.24) is 9.80 Å². The first kappa shape index (κ1) is 14.8. The Kier molecular flexibility index (Phi) is 5.91. The van der Waals surface area contributed by atoms with Crippen molar-refractivity contribution in [2.24, 2.45) is 0 Å². The molecule has 0 aliphatic carbocycles.